The van der Waals surface area contributed by atoms with Gasteiger partial charge in [-0.1, -0.05) is 12.1 Å². The fourth-order valence-corrected chi connectivity index (χ4v) is 2.82. The lowest BCUT2D eigenvalue weighted by atomic mass is 9.84. The summed E-state index contributed by atoms with van der Waals surface area (Å²) in [5.74, 6) is 0.738. The van der Waals surface area contributed by atoms with Crippen LogP contribution in [0.15, 0.2) is 42.9 Å². The summed E-state index contributed by atoms with van der Waals surface area (Å²) in [5.41, 5.74) is -1.30. The number of hydrogen-bond acceptors (Lipinski definition) is 4. The highest BCUT2D eigenvalue weighted by molar-refractivity contribution is 5.37. The second kappa shape index (κ2) is 5.81. The molecule has 0 bridgehead atoms. The summed E-state index contributed by atoms with van der Waals surface area (Å²) >= 11 is 0. The van der Waals surface area contributed by atoms with Crippen LogP contribution in [0.5, 0.6) is 0 Å². The molecule has 0 saturated carbocycles. The first-order valence-corrected chi connectivity index (χ1v) is 7.30. The number of aliphatic hydroxyl groups is 1. The van der Waals surface area contributed by atoms with E-state index in [4.69, 9.17) is 0 Å². The Labute approximate surface area is 131 Å². The van der Waals surface area contributed by atoms with Crippen molar-refractivity contribution in [3.05, 3.63) is 54.0 Å². The van der Waals surface area contributed by atoms with Crippen molar-refractivity contribution in [3.8, 4) is 0 Å². The number of anilines is 1. The lowest BCUT2D eigenvalue weighted by molar-refractivity contribution is -0.137. The van der Waals surface area contributed by atoms with E-state index in [0.717, 1.165) is 18.0 Å². The molecule has 2 heterocycles. The van der Waals surface area contributed by atoms with Gasteiger partial charge in [-0.15, -0.1) is 0 Å². The van der Waals surface area contributed by atoms with E-state index < -0.39 is 17.3 Å². The first kappa shape index (κ1) is 15.7. The van der Waals surface area contributed by atoms with Gasteiger partial charge in [0.1, 0.15) is 5.82 Å². The predicted octanol–water partition coefficient (Wildman–Crippen LogP) is 2.98. The molecule has 1 N–H and O–H groups in total. The standard InChI is InChI=1S/C16H16F3N3O/c17-16(18,19)13-3-1-12(2-4-13)15(23)5-9-22(10-6-15)14-11-20-7-8-21-14/h1-4,7-8,11,23H,5-6,9-10H2. The monoisotopic (exact) mass is 323 g/mol. The highest BCUT2D eigenvalue weighted by atomic mass is 19.4. The van der Waals surface area contributed by atoms with Gasteiger partial charge in [-0.3, -0.25) is 4.98 Å². The molecule has 1 aromatic carbocycles. The largest absolute Gasteiger partial charge is 0.416 e. The van der Waals surface area contributed by atoms with E-state index in [9.17, 15) is 18.3 Å². The van der Waals surface area contributed by atoms with Crippen LogP contribution in [-0.2, 0) is 11.8 Å². The molecular formula is C16H16F3N3O. The molecule has 1 fully saturated rings. The molecule has 1 aromatic heterocycles. The van der Waals surface area contributed by atoms with Crippen molar-refractivity contribution >= 4 is 5.82 Å². The number of benzene rings is 1. The predicted molar refractivity (Wildman–Crippen MR) is 78.8 cm³/mol. The minimum Gasteiger partial charge on any atom is -0.385 e. The normalized spacial score (nSPS) is 18.0. The van der Waals surface area contributed by atoms with Crippen molar-refractivity contribution in [1.29, 1.82) is 0 Å². The number of nitrogens with zero attached hydrogens (tertiary/aromatic N) is 3. The number of aromatic nitrogens is 2. The molecule has 0 unspecified atom stereocenters. The second-order valence-electron chi connectivity index (χ2n) is 5.66. The quantitative estimate of drug-likeness (QED) is 0.923. The smallest absolute Gasteiger partial charge is 0.385 e. The fourth-order valence-electron chi connectivity index (χ4n) is 2.82. The van der Waals surface area contributed by atoms with Crippen molar-refractivity contribution in [3.63, 3.8) is 0 Å². The molecule has 3 rings (SSSR count). The van der Waals surface area contributed by atoms with Crippen LogP contribution in [0.4, 0.5) is 19.0 Å². The van der Waals surface area contributed by atoms with Gasteiger partial charge >= 0.3 is 6.18 Å². The Morgan fingerprint density at radius 3 is 2.22 bits per heavy atom. The van der Waals surface area contributed by atoms with E-state index in [1.54, 1.807) is 18.6 Å². The van der Waals surface area contributed by atoms with Gasteiger partial charge in [0.15, 0.2) is 0 Å². The highest BCUT2D eigenvalue weighted by Gasteiger charge is 2.36. The van der Waals surface area contributed by atoms with Gasteiger partial charge < -0.3 is 10.0 Å². The third-order valence-corrected chi connectivity index (χ3v) is 4.21. The van der Waals surface area contributed by atoms with Gasteiger partial charge in [0.2, 0.25) is 0 Å². The summed E-state index contributed by atoms with van der Waals surface area (Å²) < 4.78 is 37.8. The van der Waals surface area contributed by atoms with E-state index in [0.29, 0.717) is 31.5 Å². The van der Waals surface area contributed by atoms with Gasteiger partial charge in [0, 0.05) is 25.5 Å². The van der Waals surface area contributed by atoms with E-state index in [1.807, 2.05) is 4.90 Å². The van der Waals surface area contributed by atoms with E-state index in [-0.39, 0.29) is 0 Å². The van der Waals surface area contributed by atoms with Crippen LogP contribution >= 0.6 is 0 Å². The van der Waals surface area contributed by atoms with Crippen molar-refractivity contribution in [2.24, 2.45) is 0 Å². The van der Waals surface area contributed by atoms with Gasteiger partial charge in [-0.05, 0) is 30.5 Å². The molecule has 1 saturated heterocycles. The number of piperidine rings is 1. The molecule has 0 amide bonds. The van der Waals surface area contributed by atoms with E-state index in [2.05, 4.69) is 9.97 Å². The Hall–Kier alpha value is -2.15. The lowest BCUT2D eigenvalue weighted by Gasteiger charge is -2.39. The van der Waals surface area contributed by atoms with Crippen LogP contribution in [0.1, 0.15) is 24.0 Å². The maximum absolute atomic E-state index is 12.6. The zero-order valence-electron chi connectivity index (χ0n) is 12.3. The van der Waals surface area contributed by atoms with Crippen LogP contribution in [0.2, 0.25) is 0 Å². The Kier molecular flexibility index (Phi) is 3.97. The number of hydrogen-bond donors (Lipinski definition) is 1. The van der Waals surface area contributed by atoms with Gasteiger partial charge in [0.25, 0.3) is 0 Å². The van der Waals surface area contributed by atoms with Gasteiger partial charge in [-0.2, -0.15) is 13.2 Å². The van der Waals surface area contributed by atoms with Crippen LogP contribution < -0.4 is 4.90 Å². The average Bonchev–Trinajstić information content (AvgIpc) is 2.56. The maximum atomic E-state index is 12.6. The average molecular weight is 323 g/mol. The number of alkyl halides is 3. The molecule has 0 spiro atoms. The fraction of sp³-hybridized carbons (Fsp3) is 0.375. The van der Waals surface area contributed by atoms with Crippen molar-refractivity contribution < 1.29 is 18.3 Å². The SMILES string of the molecule is OC1(c2ccc(C(F)(F)F)cc2)CCN(c2cnccn2)CC1. The number of rotatable bonds is 2. The zero-order chi connectivity index (χ0) is 16.5. The summed E-state index contributed by atoms with van der Waals surface area (Å²) in [6.45, 7) is 1.13. The zero-order valence-corrected chi connectivity index (χ0v) is 12.3. The second-order valence-corrected chi connectivity index (χ2v) is 5.66. The third-order valence-electron chi connectivity index (χ3n) is 4.21. The molecule has 0 atom stereocenters. The van der Waals surface area contributed by atoms with Crippen molar-refractivity contribution in [2.75, 3.05) is 18.0 Å². The summed E-state index contributed by atoms with van der Waals surface area (Å²) in [5, 5.41) is 10.8. The van der Waals surface area contributed by atoms with Crippen LogP contribution in [0, 0.1) is 0 Å². The molecule has 4 nitrogen and oxygen atoms in total. The Balaban J connectivity index is 1.72. The molecule has 23 heavy (non-hydrogen) atoms. The maximum Gasteiger partial charge on any atom is 0.416 e. The molecule has 2 aromatic rings. The summed E-state index contributed by atoms with van der Waals surface area (Å²) in [6.07, 6.45) is 1.33. The first-order chi connectivity index (χ1) is 10.9. The lowest BCUT2D eigenvalue weighted by Crippen LogP contribution is -2.43. The van der Waals surface area contributed by atoms with Gasteiger partial charge in [-0.25, -0.2) is 4.98 Å². The van der Waals surface area contributed by atoms with Crippen LogP contribution in [-0.4, -0.2) is 28.2 Å². The van der Waals surface area contributed by atoms with Gasteiger partial charge in [0.05, 0.1) is 17.4 Å². The first-order valence-electron chi connectivity index (χ1n) is 7.30. The van der Waals surface area contributed by atoms with Crippen molar-refractivity contribution in [2.45, 2.75) is 24.6 Å². The molecule has 7 heteroatoms. The summed E-state index contributed by atoms with van der Waals surface area (Å²) in [4.78, 5) is 10.2. The highest BCUT2D eigenvalue weighted by Crippen LogP contribution is 2.36. The molecule has 122 valence electrons. The van der Waals surface area contributed by atoms with E-state index in [1.165, 1.54) is 12.1 Å². The van der Waals surface area contributed by atoms with E-state index >= 15 is 0 Å². The molecule has 0 aliphatic carbocycles. The van der Waals surface area contributed by atoms with Crippen LogP contribution in [0.25, 0.3) is 0 Å². The molecule has 1 aliphatic heterocycles. The third kappa shape index (κ3) is 3.29. The summed E-state index contributed by atoms with van der Waals surface area (Å²) in [7, 11) is 0. The Bertz CT molecular complexity index is 651. The topological polar surface area (TPSA) is 49.2 Å². The Morgan fingerprint density at radius 1 is 1.04 bits per heavy atom. The minimum absolute atomic E-state index is 0.426. The minimum atomic E-state index is -4.36. The Morgan fingerprint density at radius 2 is 1.70 bits per heavy atom. The van der Waals surface area contributed by atoms with Crippen molar-refractivity contribution in [1.82, 2.24) is 9.97 Å². The van der Waals surface area contributed by atoms with Crippen LogP contribution in [0.3, 0.4) is 0 Å². The molecule has 1 aliphatic rings. The molecular weight excluding hydrogens is 307 g/mol. The number of halogens is 3. The molecule has 0 radical (unpaired) electrons. The summed E-state index contributed by atoms with van der Waals surface area (Å²) in [6, 6.07) is 4.76.